The Morgan fingerprint density at radius 3 is 2.40 bits per heavy atom. The summed E-state index contributed by atoms with van der Waals surface area (Å²) >= 11 is 1.67. The van der Waals surface area contributed by atoms with Crippen molar-refractivity contribution in [2.75, 3.05) is 26.2 Å². The van der Waals surface area contributed by atoms with Crippen LogP contribution in [0, 0.1) is 5.92 Å². The van der Waals surface area contributed by atoms with E-state index in [0.717, 1.165) is 19.5 Å². The maximum absolute atomic E-state index is 12.1. The zero-order chi connectivity index (χ0) is 18.1. The third kappa shape index (κ3) is 6.78. The Labute approximate surface area is 155 Å². The van der Waals surface area contributed by atoms with Crippen molar-refractivity contribution in [2.45, 2.75) is 52.0 Å². The van der Waals surface area contributed by atoms with Crippen molar-refractivity contribution in [1.82, 2.24) is 15.5 Å². The highest BCUT2D eigenvalue weighted by molar-refractivity contribution is 7.07. The summed E-state index contributed by atoms with van der Waals surface area (Å²) in [5.74, 6) is -0.547. The third-order valence-corrected chi connectivity index (χ3v) is 5.38. The highest BCUT2D eigenvalue weighted by Gasteiger charge is 2.23. The minimum Gasteiger partial charge on any atom is -0.348 e. The first-order valence-corrected chi connectivity index (χ1v) is 10.3. The van der Waals surface area contributed by atoms with Gasteiger partial charge in [-0.05, 0) is 60.7 Å². The highest BCUT2D eigenvalue weighted by Crippen LogP contribution is 2.25. The minimum atomic E-state index is -0.529. The SMILES string of the molecule is CC(C)CCNC(=O)C(=O)NCC(c1ccsc1)N1CCCCCC1. The summed E-state index contributed by atoms with van der Waals surface area (Å²) in [6, 6.07) is 2.27. The Bertz CT molecular complexity index is 523. The zero-order valence-electron chi connectivity index (χ0n) is 15.4. The van der Waals surface area contributed by atoms with Gasteiger partial charge in [0.1, 0.15) is 0 Å². The lowest BCUT2D eigenvalue weighted by atomic mass is 10.1. The highest BCUT2D eigenvalue weighted by atomic mass is 32.1. The van der Waals surface area contributed by atoms with Gasteiger partial charge in [-0.3, -0.25) is 14.5 Å². The molecule has 2 N–H and O–H groups in total. The second-order valence-electron chi connectivity index (χ2n) is 7.17. The van der Waals surface area contributed by atoms with Crippen molar-refractivity contribution >= 4 is 23.2 Å². The summed E-state index contributed by atoms with van der Waals surface area (Å²) in [5.41, 5.74) is 1.23. The van der Waals surface area contributed by atoms with E-state index in [1.807, 2.05) is 0 Å². The van der Waals surface area contributed by atoms with Crippen molar-refractivity contribution in [2.24, 2.45) is 5.92 Å². The molecule has 140 valence electrons. The summed E-state index contributed by atoms with van der Waals surface area (Å²) < 4.78 is 0. The number of nitrogens with one attached hydrogen (secondary N) is 2. The van der Waals surface area contributed by atoms with E-state index in [4.69, 9.17) is 0 Å². The number of amides is 2. The largest absolute Gasteiger partial charge is 0.348 e. The number of hydrogen-bond donors (Lipinski definition) is 2. The van der Waals surface area contributed by atoms with Gasteiger partial charge in [0, 0.05) is 13.1 Å². The van der Waals surface area contributed by atoms with Gasteiger partial charge in [-0.25, -0.2) is 0 Å². The van der Waals surface area contributed by atoms with Crippen LogP contribution >= 0.6 is 11.3 Å². The number of nitrogens with zero attached hydrogens (tertiary/aromatic N) is 1. The van der Waals surface area contributed by atoms with E-state index < -0.39 is 11.8 Å². The summed E-state index contributed by atoms with van der Waals surface area (Å²) in [7, 11) is 0. The lowest BCUT2D eigenvalue weighted by Crippen LogP contribution is -2.44. The van der Waals surface area contributed by atoms with Crippen LogP contribution in [-0.2, 0) is 9.59 Å². The molecule has 1 fully saturated rings. The molecule has 2 heterocycles. The van der Waals surface area contributed by atoms with E-state index in [2.05, 4.69) is 46.2 Å². The molecular formula is C19H31N3O2S. The standard InChI is InChI=1S/C19H31N3O2S/c1-15(2)7-9-20-18(23)19(24)21-13-17(16-8-12-25-14-16)22-10-5-3-4-6-11-22/h8,12,14-15,17H,3-7,9-11,13H2,1-2H3,(H,20,23)(H,21,24). The van der Waals surface area contributed by atoms with Crippen molar-refractivity contribution in [1.29, 1.82) is 0 Å². The van der Waals surface area contributed by atoms with Gasteiger partial charge in [-0.2, -0.15) is 11.3 Å². The first kappa shape index (κ1) is 19.9. The Kier molecular flexibility index (Phi) is 8.41. The number of thiophene rings is 1. The van der Waals surface area contributed by atoms with Crippen LogP contribution in [0.4, 0.5) is 0 Å². The molecular weight excluding hydrogens is 334 g/mol. The van der Waals surface area contributed by atoms with Crippen molar-refractivity contribution in [3.63, 3.8) is 0 Å². The maximum Gasteiger partial charge on any atom is 0.309 e. The molecule has 25 heavy (non-hydrogen) atoms. The average molecular weight is 366 g/mol. The predicted octanol–water partition coefficient (Wildman–Crippen LogP) is 2.94. The number of likely N-dealkylation sites (tertiary alicyclic amines) is 1. The fourth-order valence-corrected chi connectivity index (χ4v) is 3.86. The summed E-state index contributed by atoms with van der Waals surface area (Å²) in [6.45, 7) is 7.32. The Hall–Kier alpha value is -1.40. The van der Waals surface area contributed by atoms with Gasteiger partial charge >= 0.3 is 11.8 Å². The van der Waals surface area contributed by atoms with Gasteiger partial charge in [0.25, 0.3) is 0 Å². The fraction of sp³-hybridized carbons (Fsp3) is 0.684. The molecule has 2 amide bonds. The van der Waals surface area contributed by atoms with Gasteiger partial charge < -0.3 is 10.6 Å². The normalized spacial score (nSPS) is 17.1. The van der Waals surface area contributed by atoms with E-state index in [0.29, 0.717) is 19.0 Å². The fourth-order valence-electron chi connectivity index (χ4n) is 3.15. The van der Waals surface area contributed by atoms with E-state index in [1.54, 1.807) is 11.3 Å². The Morgan fingerprint density at radius 1 is 1.12 bits per heavy atom. The van der Waals surface area contributed by atoms with Crippen molar-refractivity contribution in [3.8, 4) is 0 Å². The van der Waals surface area contributed by atoms with Gasteiger partial charge in [0.15, 0.2) is 0 Å². The average Bonchev–Trinajstić information content (AvgIpc) is 2.97. The van der Waals surface area contributed by atoms with Crippen LogP contribution in [0.5, 0.6) is 0 Å². The lowest BCUT2D eigenvalue weighted by Gasteiger charge is -2.30. The smallest absolute Gasteiger partial charge is 0.309 e. The second-order valence-corrected chi connectivity index (χ2v) is 7.95. The number of hydrogen-bond acceptors (Lipinski definition) is 4. The monoisotopic (exact) mass is 365 g/mol. The molecule has 2 rings (SSSR count). The van der Waals surface area contributed by atoms with Crippen LogP contribution < -0.4 is 10.6 Å². The van der Waals surface area contributed by atoms with Crippen LogP contribution in [0.1, 0.15) is 57.6 Å². The molecule has 0 bridgehead atoms. The third-order valence-electron chi connectivity index (χ3n) is 4.68. The quantitative estimate of drug-likeness (QED) is 0.730. The van der Waals surface area contributed by atoms with Crippen molar-refractivity contribution in [3.05, 3.63) is 22.4 Å². The molecule has 0 aromatic carbocycles. The van der Waals surface area contributed by atoms with E-state index in [-0.39, 0.29) is 6.04 Å². The number of carbonyl (C=O) groups is 2. The molecule has 1 atom stereocenters. The second kappa shape index (κ2) is 10.6. The van der Waals surface area contributed by atoms with Crippen LogP contribution in [0.15, 0.2) is 16.8 Å². The van der Waals surface area contributed by atoms with Crippen LogP contribution in [0.25, 0.3) is 0 Å². The van der Waals surface area contributed by atoms with Crippen molar-refractivity contribution < 1.29 is 9.59 Å². The number of rotatable bonds is 7. The molecule has 1 saturated heterocycles. The summed E-state index contributed by atoms with van der Waals surface area (Å²) in [6.07, 6.45) is 5.83. The van der Waals surface area contributed by atoms with Gasteiger partial charge in [0.05, 0.1) is 6.04 Å². The Morgan fingerprint density at radius 2 is 1.80 bits per heavy atom. The maximum atomic E-state index is 12.1. The molecule has 0 saturated carbocycles. The molecule has 0 spiro atoms. The predicted molar refractivity (Wildman–Crippen MR) is 103 cm³/mol. The van der Waals surface area contributed by atoms with Gasteiger partial charge in [-0.1, -0.05) is 26.7 Å². The first-order valence-electron chi connectivity index (χ1n) is 9.40. The van der Waals surface area contributed by atoms with Crippen LogP contribution in [0.3, 0.4) is 0 Å². The first-order chi connectivity index (χ1) is 12.1. The molecule has 1 aliphatic heterocycles. The molecule has 0 radical (unpaired) electrons. The van der Waals surface area contributed by atoms with Gasteiger partial charge in [-0.15, -0.1) is 0 Å². The molecule has 0 aliphatic carbocycles. The molecule has 1 unspecified atom stereocenters. The van der Waals surface area contributed by atoms with E-state index >= 15 is 0 Å². The molecule has 5 nitrogen and oxygen atoms in total. The molecule has 1 aromatic heterocycles. The zero-order valence-corrected chi connectivity index (χ0v) is 16.2. The van der Waals surface area contributed by atoms with Crippen LogP contribution in [0.2, 0.25) is 0 Å². The van der Waals surface area contributed by atoms with Gasteiger partial charge in [0.2, 0.25) is 0 Å². The molecule has 6 heteroatoms. The van der Waals surface area contributed by atoms with Crippen LogP contribution in [-0.4, -0.2) is 42.9 Å². The molecule has 1 aliphatic rings. The van der Waals surface area contributed by atoms with E-state index in [9.17, 15) is 9.59 Å². The lowest BCUT2D eigenvalue weighted by molar-refractivity contribution is -0.139. The topological polar surface area (TPSA) is 61.4 Å². The minimum absolute atomic E-state index is 0.150. The molecule has 1 aromatic rings. The number of carbonyl (C=O) groups excluding carboxylic acids is 2. The summed E-state index contributed by atoms with van der Waals surface area (Å²) in [5, 5.41) is 9.75. The summed E-state index contributed by atoms with van der Waals surface area (Å²) in [4.78, 5) is 26.5. The van der Waals surface area contributed by atoms with E-state index in [1.165, 1.54) is 31.2 Å². The Balaban J connectivity index is 1.88.